The van der Waals surface area contributed by atoms with Crippen LogP contribution in [0.25, 0.3) is 10.9 Å². The second kappa shape index (κ2) is 4.69. The van der Waals surface area contributed by atoms with Gasteiger partial charge >= 0.3 is 0 Å². The van der Waals surface area contributed by atoms with Crippen LogP contribution in [0.15, 0.2) is 29.8 Å². The number of carbonyl (C=O) groups excluding carboxylic acids is 1. The van der Waals surface area contributed by atoms with Gasteiger partial charge in [-0.2, -0.15) is 5.10 Å². The van der Waals surface area contributed by atoms with Gasteiger partial charge in [-0.25, -0.2) is 4.98 Å². The Morgan fingerprint density at radius 3 is 3.16 bits per heavy atom. The first kappa shape index (κ1) is 11.7. The van der Waals surface area contributed by atoms with Gasteiger partial charge in [0.25, 0.3) is 5.91 Å². The second-order valence-electron chi connectivity index (χ2n) is 3.99. The molecule has 1 amide bonds. The van der Waals surface area contributed by atoms with Crippen LogP contribution in [0, 0.1) is 0 Å². The SMILES string of the molecule is Nc1ccc2[nH]nc(C(=O)NCc3nccs3)c2c1. The number of H-pyrrole nitrogens is 1. The normalized spacial score (nSPS) is 10.7. The van der Waals surface area contributed by atoms with Crippen LogP contribution in [0.5, 0.6) is 0 Å². The number of aromatic amines is 1. The van der Waals surface area contributed by atoms with Crippen LogP contribution in [0.4, 0.5) is 5.69 Å². The van der Waals surface area contributed by atoms with Crippen LogP contribution in [0.3, 0.4) is 0 Å². The minimum Gasteiger partial charge on any atom is -0.399 e. The Hall–Kier alpha value is -2.41. The Balaban J connectivity index is 1.83. The molecule has 0 radical (unpaired) electrons. The van der Waals surface area contributed by atoms with E-state index < -0.39 is 0 Å². The zero-order valence-electron chi connectivity index (χ0n) is 9.88. The summed E-state index contributed by atoms with van der Waals surface area (Å²) in [6, 6.07) is 5.30. The first-order chi connectivity index (χ1) is 9.24. The largest absolute Gasteiger partial charge is 0.399 e. The van der Waals surface area contributed by atoms with Crippen molar-refractivity contribution in [2.24, 2.45) is 0 Å². The highest BCUT2D eigenvalue weighted by Gasteiger charge is 2.14. The molecule has 19 heavy (non-hydrogen) atoms. The van der Waals surface area contributed by atoms with Crippen molar-refractivity contribution in [1.29, 1.82) is 0 Å². The molecule has 0 spiro atoms. The second-order valence-corrected chi connectivity index (χ2v) is 4.96. The summed E-state index contributed by atoms with van der Waals surface area (Å²) in [6.07, 6.45) is 1.71. The number of nitrogen functional groups attached to an aromatic ring is 1. The van der Waals surface area contributed by atoms with Gasteiger partial charge < -0.3 is 11.1 Å². The maximum Gasteiger partial charge on any atom is 0.272 e. The Kier molecular flexibility index (Phi) is 2.88. The number of nitrogens with zero attached hydrogens (tertiary/aromatic N) is 2. The standard InChI is InChI=1S/C12H11N5OS/c13-7-1-2-9-8(5-7)11(17-16-9)12(18)15-6-10-14-3-4-19-10/h1-5H,6,13H2,(H,15,18)(H,16,17). The Labute approximate surface area is 112 Å². The minimum absolute atomic E-state index is 0.243. The number of thiazole rings is 1. The van der Waals surface area contributed by atoms with E-state index in [4.69, 9.17) is 5.73 Å². The number of fused-ring (bicyclic) bond motifs is 1. The summed E-state index contributed by atoms with van der Waals surface area (Å²) in [5, 5.41) is 13.1. The number of nitrogens with two attached hydrogens (primary N) is 1. The van der Waals surface area contributed by atoms with Crippen LogP contribution in [-0.2, 0) is 6.54 Å². The van der Waals surface area contributed by atoms with E-state index >= 15 is 0 Å². The number of rotatable bonds is 3. The Morgan fingerprint density at radius 1 is 1.47 bits per heavy atom. The zero-order valence-corrected chi connectivity index (χ0v) is 10.7. The third-order valence-electron chi connectivity index (χ3n) is 2.69. The number of hydrogen-bond donors (Lipinski definition) is 3. The van der Waals surface area contributed by atoms with Crippen LogP contribution in [0.1, 0.15) is 15.5 Å². The number of amides is 1. The molecule has 3 rings (SSSR count). The summed E-state index contributed by atoms with van der Waals surface area (Å²) in [5.74, 6) is -0.243. The van der Waals surface area contributed by atoms with Gasteiger partial charge in [-0.3, -0.25) is 9.89 Å². The van der Waals surface area contributed by atoms with Gasteiger partial charge in [0.1, 0.15) is 5.01 Å². The molecule has 0 aliphatic carbocycles. The smallest absolute Gasteiger partial charge is 0.272 e. The van der Waals surface area contributed by atoms with Crippen LogP contribution >= 0.6 is 11.3 Å². The number of benzene rings is 1. The average molecular weight is 273 g/mol. The Bertz CT molecular complexity index is 719. The lowest BCUT2D eigenvalue weighted by molar-refractivity contribution is 0.0947. The highest BCUT2D eigenvalue weighted by Crippen LogP contribution is 2.18. The van der Waals surface area contributed by atoms with Crippen molar-refractivity contribution in [3.8, 4) is 0 Å². The topological polar surface area (TPSA) is 96.7 Å². The lowest BCUT2D eigenvalue weighted by Crippen LogP contribution is -2.23. The average Bonchev–Trinajstić information content (AvgIpc) is 3.04. The highest BCUT2D eigenvalue weighted by atomic mass is 32.1. The van der Waals surface area contributed by atoms with Crippen LogP contribution in [-0.4, -0.2) is 21.1 Å². The first-order valence-electron chi connectivity index (χ1n) is 5.64. The van der Waals surface area contributed by atoms with Crippen molar-refractivity contribution >= 4 is 33.8 Å². The quantitative estimate of drug-likeness (QED) is 0.630. The maximum atomic E-state index is 12.1. The predicted octanol–water partition coefficient (Wildman–Crippen LogP) is 1.53. The van der Waals surface area contributed by atoms with Gasteiger partial charge in [0.05, 0.1) is 12.1 Å². The predicted molar refractivity (Wildman–Crippen MR) is 73.8 cm³/mol. The fourth-order valence-electron chi connectivity index (χ4n) is 1.78. The molecule has 0 aliphatic heterocycles. The molecule has 1 aromatic carbocycles. The molecule has 0 aliphatic rings. The highest BCUT2D eigenvalue weighted by molar-refractivity contribution is 7.09. The minimum atomic E-state index is -0.243. The molecule has 0 atom stereocenters. The number of aromatic nitrogens is 3. The van der Waals surface area contributed by atoms with Gasteiger partial charge in [-0.1, -0.05) is 0 Å². The van der Waals surface area contributed by atoms with Crippen molar-refractivity contribution in [3.05, 3.63) is 40.5 Å². The van der Waals surface area contributed by atoms with E-state index in [2.05, 4.69) is 20.5 Å². The summed E-state index contributed by atoms with van der Waals surface area (Å²) >= 11 is 1.49. The van der Waals surface area contributed by atoms with Crippen LogP contribution < -0.4 is 11.1 Å². The van der Waals surface area contributed by atoms with Gasteiger partial charge in [-0.15, -0.1) is 11.3 Å². The molecule has 0 unspecified atom stereocenters. The molecular weight excluding hydrogens is 262 g/mol. The van der Waals surface area contributed by atoms with Gasteiger partial charge in [0.2, 0.25) is 0 Å². The van der Waals surface area contributed by atoms with E-state index in [0.717, 1.165) is 15.9 Å². The molecule has 2 aromatic heterocycles. The number of hydrogen-bond acceptors (Lipinski definition) is 5. The number of anilines is 1. The molecule has 0 saturated carbocycles. The molecule has 6 nitrogen and oxygen atoms in total. The van der Waals surface area contributed by atoms with Gasteiger partial charge in [0, 0.05) is 22.7 Å². The molecule has 96 valence electrons. The van der Waals surface area contributed by atoms with E-state index in [0.29, 0.717) is 17.9 Å². The van der Waals surface area contributed by atoms with Gasteiger partial charge in [-0.05, 0) is 18.2 Å². The van der Waals surface area contributed by atoms with Crippen molar-refractivity contribution in [3.63, 3.8) is 0 Å². The summed E-state index contributed by atoms with van der Waals surface area (Å²) < 4.78 is 0. The first-order valence-corrected chi connectivity index (χ1v) is 6.52. The summed E-state index contributed by atoms with van der Waals surface area (Å²) in [7, 11) is 0. The Morgan fingerprint density at radius 2 is 2.37 bits per heavy atom. The maximum absolute atomic E-state index is 12.1. The van der Waals surface area contributed by atoms with Crippen molar-refractivity contribution in [2.45, 2.75) is 6.54 Å². The van der Waals surface area contributed by atoms with E-state index in [1.807, 2.05) is 5.38 Å². The molecular formula is C12H11N5OS. The van der Waals surface area contributed by atoms with E-state index in [9.17, 15) is 4.79 Å². The number of nitrogens with one attached hydrogen (secondary N) is 2. The van der Waals surface area contributed by atoms with Crippen LogP contribution in [0.2, 0.25) is 0 Å². The summed E-state index contributed by atoms with van der Waals surface area (Å²) in [5.41, 5.74) is 7.45. The molecule has 0 saturated heterocycles. The van der Waals surface area contributed by atoms with Crippen molar-refractivity contribution in [1.82, 2.24) is 20.5 Å². The van der Waals surface area contributed by atoms with E-state index in [1.54, 1.807) is 24.4 Å². The lowest BCUT2D eigenvalue weighted by atomic mass is 10.2. The molecule has 7 heteroatoms. The zero-order chi connectivity index (χ0) is 13.2. The fraction of sp³-hybridized carbons (Fsp3) is 0.0833. The van der Waals surface area contributed by atoms with Crippen molar-refractivity contribution < 1.29 is 4.79 Å². The number of carbonyl (C=O) groups is 1. The summed E-state index contributed by atoms with van der Waals surface area (Å²) in [6.45, 7) is 0.396. The molecule has 0 bridgehead atoms. The van der Waals surface area contributed by atoms with E-state index in [-0.39, 0.29) is 5.91 Å². The molecule has 2 heterocycles. The third-order valence-corrected chi connectivity index (χ3v) is 3.47. The van der Waals surface area contributed by atoms with E-state index in [1.165, 1.54) is 11.3 Å². The molecule has 3 aromatic rings. The fourth-order valence-corrected chi connectivity index (χ4v) is 2.34. The lowest BCUT2D eigenvalue weighted by Gasteiger charge is -2.01. The van der Waals surface area contributed by atoms with Gasteiger partial charge in [0.15, 0.2) is 5.69 Å². The third kappa shape index (κ3) is 2.27. The molecule has 0 fully saturated rings. The van der Waals surface area contributed by atoms with Crippen molar-refractivity contribution in [2.75, 3.05) is 5.73 Å². The monoisotopic (exact) mass is 273 g/mol. The summed E-state index contributed by atoms with van der Waals surface area (Å²) in [4.78, 5) is 16.2. The molecule has 4 N–H and O–H groups in total.